The van der Waals surface area contributed by atoms with Gasteiger partial charge in [0.05, 0.1) is 5.52 Å². The van der Waals surface area contributed by atoms with Gasteiger partial charge < -0.3 is 0 Å². The summed E-state index contributed by atoms with van der Waals surface area (Å²) in [5, 5.41) is 9.36. The summed E-state index contributed by atoms with van der Waals surface area (Å²) in [6.07, 6.45) is 4.54. The van der Waals surface area contributed by atoms with E-state index in [4.69, 9.17) is 5.21 Å². The number of rotatable bonds is 3. The Kier molecular flexibility index (Phi) is 4.03. The van der Waals surface area contributed by atoms with Gasteiger partial charge in [-0.3, -0.25) is 19.4 Å². The lowest BCUT2D eigenvalue weighted by atomic mass is 10.1. The first-order chi connectivity index (χ1) is 11.2. The summed E-state index contributed by atoms with van der Waals surface area (Å²) in [6, 6.07) is 16.4. The van der Waals surface area contributed by atoms with Crippen molar-refractivity contribution in [1.29, 1.82) is 0 Å². The van der Waals surface area contributed by atoms with Crippen LogP contribution in [0.3, 0.4) is 0 Å². The standard InChI is InChI=1S/C18H14N2O3/c21-17(19-23)9-7-13-6-8-16-15(12-13)10-11-20(16)18(22)14-4-2-1-3-5-14/h1-12,23H,(H,19,21)/b9-7+. The van der Waals surface area contributed by atoms with E-state index in [1.54, 1.807) is 35.0 Å². The number of aromatic nitrogens is 1. The highest BCUT2D eigenvalue weighted by Gasteiger charge is 2.10. The molecule has 5 heteroatoms. The number of hydroxylamine groups is 1. The molecule has 1 aromatic heterocycles. The van der Waals surface area contributed by atoms with Crippen molar-refractivity contribution in [3.8, 4) is 0 Å². The number of hydrogen-bond acceptors (Lipinski definition) is 3. The van der Waals surface area contributed by atoms with Gasteiger partial charge >= 0.3 is 0 Å². The molecular weight excluding hydrogens is 292 g/mol. The molecule has 0 saturated carbocycles. The highest BCUT2D eigenvalue weighted by Crippen LogP contribution is 2.20. The molecule has 3 aromatic rings. The number of benzene rings is 2. The molecule has 0 radical (unpaired) electrons. The van der Waals surface area contributed by atoms with Crippen LogP contribution in [0.15, 0.2) is 66.9 Å². The minimum atomic E-state index is -0.595. The maximum absolute atomic E-state index is 12.5. The molecule has 0 atom stereocenters. The molecule has 0 saturated heterocycles. The van der Waals surface area contributed by atoms with Crippen LogP contribution in [0.4, 0.5) is 0 Å². The third-order valence-corrected chi connectivity index (χ3v) is 3.49. The van der Waals surface area contributed by atoms with Gasteiger partial charge in [0.2, 0.25) is 0 Å². The molecule has 3 rings (SSSR count). The average Bonchev–Trinajstić information content (AvgIpc) is 3.02. The summed E-state index contributed by atoms with van der Waals surface area (Å²) >= 11 is 0. The molecule has 0 spiro atoms. The lowest BCUT2D eigenvalue weighted by molar-refractivity contribution is -0.124. The van der Waals surface area contributed by atoms with E-state index in [2.05, 4.69) is 0 Å². The molecule has 23 heavy (non-hydrogen) atoms. The molecule has 0 aliphatic rings. The molecule has 0 bridgehead atoms. The molecule has 0 unspecified atom stereocenters. The van der Waals surface area contributed by atoms with Crippen LogP contribution in [0.5, 0.6) is 0 Å². The van der Waals surface area contributed by atoms with Crippen LogP contribution in [-0.4, -0.2) is 21.6 Å². The highest BCUT2D eigenvalue weighted by molar-refractivity contribution is 6.02. The van der Waals surface area contributed by atoms with Crippen LogP contribution in [0.25, 0.3) is 17.0 Å². The van der Waals surface area contributed by atoms with Gasteiger partial charge in [-0.1, -0.05) is 24.3 Å². The fourth-order valence-corrected chi connectivity index (χ4v) is 2.37. The molecule has 2 aromatic carbocycles. The molecule has 0 fully saturated rings. The molecule has 0 aliphatic carbocycles. The molecule has 5 nitrogen and oxygen atoms in total. The summed E-state index contributed by atoms with van der Waals surface area (Å²) in [5.41, 5.74) is 3.75. The van der Waals surface area contributed by atoms with Gasteiger partial charge in [-0.25, -0.2) is 5.48 Å². The number of hydrogen-bond donors (Lipinski definition) is 2. The first-order valence-electron chi connectivity index (χ1n) is 7.02. The summed E-state index contributed by atoms with van der Waals surface area (Å²) < 4.78 is 1.60. The number of carbonyl (C=O) groups is 2. The second-order valence-corrected chi connectivity index (χ2v) is 4.98. The lowest BCUT2D eigenvalue weighted by Gasteiger charge is -2.04. The van der Waals surface area contributed by atoms with Gasteiger partial charge in [-0.15, -0.1) is 0 Å². The highest BCUT2D eigenvalue weighted by atomic mass is 16.5. The summed E-state index contributed by atoms with van der Waals surface area (Å²) in [4.78, 5) is 23.5. The number of nitrogens with one attached hydrogen (secondary N) is 1. The van der Waals surface area contributed by atoms with Crippen molar-refractivity contribution < 1.29 is 14.8 Å². The maximum atomic E-state index is 12.5. The van der Waals surface area contributed by atoms with Crippen molar-refractivity contribution in [2.75, 3.05) is 0 Å². The number of amides is 1. The Balaban J connectivity index is 1.95. The number of nitrogens with zero attached hydrogens (tertiary/aromatic N) is 1. The summed E-state index contributed by atoms with van der Waals surface area (Å²) in [6.45, 7) is 0. The Bertz CT molecular complexity index is 895. The topological polar surface area (TPSA) is 71.3 Å². The minimum Gasteiger partial charge on any atom is -0.288 e. The van der Waals surface area contributed by atoms with Crippen LogP contribution in [0.1, 0.15) is 15.9 Å². The Morgan fingerprint density at radius 2 is 1.83 bits per heavy atom. The first-order valence-corrected chi connectivity index (χ1v) is 7.02. The predicted octanol–water partition coefficient (Wildman–Crippen LogP) is 2.85. The van der Waals surface area contributed by atoms with Gasteiger partial charge in [-0.05, 0) is 42.0 Å². The van der Waals surface area contributed by atoms with Gasteiger partial charge in [-0.2, -0.15) is 0 Å². The monoisotopic (exact) mass is 306 g/mol. The maximum Gasteiger partial charge on any atom is 0.267 e. The predicted molar refractivity (Wildman–Crippen MR) is 87.1 cm³/mol. The van der Waals surface area contributed by atoms with Crippen molar-refractivity contribution in [1.82, 2.24) is 10.0 Å². The third kappa shape index (κ3) is 3.04. The molecule has 1 heterocycles. The molecular formula is C18H14N2O3. The van der Waals surface area contributed by atoms with Crippen molar-refractivity contribution in [2.45, 2.75) is 0 Å². The van der Waals surface area contributed by atoms with Gasteiger partial charge in [0.15, 0.2) is 0 Å². The van der Waals surface area contributed by atoms with Gasteiger partial charge in [0.1, 0.15) is 0 Å². The second kappa shape index (κ2) is 6.29. The van der Waals surface area contributed by atoms with E-state index in [1.165, 1.54) is 11.6 Å². The summed E-state index contributed by atoms with van der Waals surface area (Å²) in [5.74, 6) is -0.689. The Morgan fingerprint density at radius 1 is 1.04 bits per heavy atom. The largest absolute Gasteiger partial charge is 0.288 e. The van der Waals surface area contributed by atoms with E-state index in [1.807, 2.05) is 36.4 Å². The zero-order chi connectivity index (χ0) is 16.2. The smallest absolute Gasteiger partial charge is 0.267 e. The molecule has 0 aliphatic heterocycles. The van der Waals surface area contributed by atoms with Crippen LogP contribution in [0.2, 0.25) is 0 Å². The van der Waals surface area contributed by atoms with E-state index < -0.39 is 5.91 Å². The fraction of sp³-hybridized carbons (Fsp3) is 0. The molecule has 114 valence electrons. The Labute approximate surface area is 132 Å². The Morgan fingerprint density at radius 3 is 2.57 bits per heavy atom. The van der Waals surface area contributed by atoms with E-state index in [9.17, 15) is 9.59 Å². The van der Waals surface area contributed by atoms with Gasteiger partial charge in [0, 0.05) is 23.2 Å². The zero-order valence-electron chi connectivity index (χ0n) is 12.1. The fourth-order valence-electron chi connectivity index (χ4n) is 2.37. The van der Waals surface area contributed by atoms with Crippen LogP contribution < -0.4 is 5.48 Å². The second-order valence-electron chi connectivity index (χ2n) is 4.98. The van der Waals surface area contributed by atoms with E-state index in [0.717, 1.165) is 16.5 Å². The molecule has 1 amide bonds. The summed E-state index contributed by atoms with van der Waals surface area (Å²) in [7, 11) is 0. The van der Waals surface area contributed by atoms with Crippen molar-refractivity contribution in [3.63, 3.8) is 0 Å². The van der Waals surface area contributed by atoms with Crippen LogP contribution >= 0.6 is 0 Å². The normalized spacial score (nSPS) is 11.0. The quantitative estimate of drug-likeness (QED) is 0.444. The average molecular weight is 306 g/mol. The van der Waals surface area contributed by atoms with Crippen molar-refractivity contribution >= 4 is 28.8 Å². The van der Waals surface area contributed by atoms with Crippen LogP contribution in [-0.2, 0) is 4.79 Å². The lowest BCUT2D eigenvalue weighted by Crippen LogP contribution is -2.14. The SMILES string of the molecule is O=C(/C=C/c1ccc2c(ccn2C(=O)c2ccccc2)c1)NO. The van der Waals surface area contributed by atoms with E-state index in [0.29, 0.717) is 5.56 Å². The van der Waals surface area contributed by atoms with Gasteiger partial charge in [0.25, 0.3) is 11.8 Å². The zero-order valence-corrected chi connectivity index (χ0v) is 12.1. The molecule has 2 N–H and O–H groups in total. The Hall–Kier alpha value is -3.18. The minimum absolute atomic E-state index is 0.0939. The first kappa shape index (κ1) is 14.7. The van der Waals surface area contributed by atoms with E-state index in [-0.39, 0.29) is 5.91 Å². The van der Waals surface area contributed by atoms with Crippen molar-refractivity contribution in [3.05, 3.63) is 78.0 Å². The van der Waals surface area contributed by atoms with E-state index >= 15 is 0 Å². The van der Waals surface area contributed by atoms with Crippen LogP contribution in [0, 0.1) is 0 Å². The third-order valence-electron chi connectivity index (χ3n) is 3.49. The van der Waals surface area contributed by atoms with Crippen molar-refractivity contribution in [2.24, 2.45) is 0 Å². The number of carbonyl (C=O) groups excluding carboxylic acids is 2. The number of fused-ring (bicyclic) bond motifs is 1.